The van der Waals surface area contributed by atoms with Crippen molar-refractivity contribution < 1.29 is 23.0 Å². The molecule has 0 saturated carbocycles. The van der Waals surface area contributed by atoms with Gasteiger partial charge < -0.3 is 14.4 Å². The van der Waals surface area contributed by atoms with Crippen LogP contribution in [-0.2, 0) is 21.6 Å². The van der Waals surface area contributed by atoms with E-state index in [1.165, 1.54) is 6.07 Å². The Balaban J connectivity index is 1.68. The first-order valence-electron chi connectivity index (χ1n) is 10.4. The summed E-state index contributed by atoms with van der Waals surface area (Å²) in [6.45, 7) is 4.18. The Morgan fingerprint density at radius 3 is 2.81 bits per heavy atom. The number of rotatable bonds is 6. The van der Waals surface area contributed by atoms with Gasteiger partial charge in [-0.25, -0.2) is 13.5 Å². The molecule has 9 nitrogen and oxygen atoms in total. The number of benzene rings is 1. The third-order valence-corrected chi connectivity index (χ3v) is 5.99. The van der Waals surface area contributed by atoms with Gasteiger partial charge in [0, 0.05) is 39.4 Å². The summed E-state index contributed by atoms with van der Waals surface area (Å²) in [4.78, 5) is 17.0. The van der Waals surface area contributed by atoms with Crippen LogP contribution in [0.1, 0.15) is 29.0 Å². The highest BCUT2D eigenvalue weighted by Gasteiger charge is 2.48. The van der Waals surface area contributed by atoms with Gasteiger partial charge in [0.25, 0.3) is 5.91 Å². The summed E-state index contributed by atoms with van der Waals surface area (Å²) in [6, 6.07) is 3.03. The Labute approximate surface area is 178 Å². The molecule has 11 heteroatoms. The maximum absolute atomic E-state index is 14.3. The molecule has 0 aliphatic carbocycles. The van der Waals surface area contributed by atoms with Crippen LogP contribution < -0.4 is 0 Å². The molecule has 0 bridgehead atoms. The maximum Gasteiger partial charge on any atom is 0.256 e. The van der Waals surface area contributed by atoms with E-state index in [-0.39, 0.29) is 5.56 Å². The molecule has 2 aliphatic heterocycles. The van der Waals surface area contributed by atoms with Crippen LogP contribution in [-0.4, -0.2) is 89.0 Å². The molecule has 3 heterocycles. The summed E-state index contributed by atoms with van der Waals surface area (Å²) in [7, 11) is 1.61. The lowest BCUT2D eigenvalue weighted by Gasteiger charge is -2.49. The quantitative estimate of drug-likeness (QED) is 0.669. The first-order chi connectivity index (χ1) is 15.0. The van der Waals surface area contributed by atoms with Crippen molar-refractivity contribution in [2.45, 2.75) is 24.9 Å². The SMILES string of the molecule is COCCn1nnnc1C1(N2CCOCC2)CCCN(C(=O)c2ccc(F)cc2F)C1. The van der Waals surface area contributed by atoms with Gasteiger partial charge in [-0.1, -0.05) is 0 Å². The van der Waals surface area contributed by atoms with Crippen LogP contribution in [0.4, 0.5) is 8.78 Å². The average Bonchev–Trinajstić information content (AvgIpc) is 3.27. The third kappa shape index (κ3) is 4.30. The molecule has 31 heavy (non-hydrogen) atoms. The van der Waals surface area contributed by atoms with E-state index in [0.29, 0.717) is 64.8 Å². The summed E-state index contributed by atoms with van der Waals surface area (Å²) in [5.74, 6) is -1.39. The molecule has 1 aromatic heterocycles. The minimum absolute atomic E-state index is 0.141. The zero-order valence-corrected chi connectivity index (χ0v) is 17.5. The van der Waals surface area contributed by atoms with Crippen LogP contribution in [0.5, 0.6) is 0 Å². The van der Waals surface area contributed by atoms with Crippen molar-refractivity contribution in [2.24, 2.45) is 0 Å². The molecule has 0 radical (unpaired) electrons. The van der Waals surface area contributed by atoms with Crippen LogP contribution in [0.3, 0.4) is 0 Å². The number of nitrogens with zero attached hydrogens (tertiary/aromatic N) is 6. The number of tetrazole rings is 1. The number of hydrogen-bond acceptors (Lipinski definition) is 7. The van der Waals surface area contributed by atoms with Gasteiger partial charge >= 0.3 is 0 Å². The maximum atomic E-state index is 14.3. The fraction of sp³-hybridized carbons (Fsp3) is 0.600. The largest absolute Gasteiger partial charge is 0.383 e. The van der Waals surface area contributed by atoms with Crippen molar-refractivity contribution >= 4 is 5.91 Å². The van der Waals surface area contributed by atoms with Gasteiger partial charge in [-0.2, -0.15) is 0 Å². The third-order valence-electron chi connectivity index (χ3n) is 5.99. The van der Waals surface area contributed by atoms with Gasteiger partial charge in [0.1, 0.15) is 17.2 Å². The number of carbonyl (C=O) groups excluding carboxylic acids is 1. The lowest BCUT2D eigenvalue weighted by Crippen LogP contribution is -2.61. The molecule has 0 N–H and O–H groups in total. The van der Waals surface area contributed by atoms with Gasteiger partial charge in [-0.15, -0.1) is 5.10 Å². The van der Waals surface area contributed by atoms with E-state index >= 15 is 0 Å². The number of aromatic nitrogens is 4. The Bertz CT molecular complexity index is 920. The lowest BCUT2D eigenvalue weighted by molar-refractivity contribution is -0.0573. The second-order valence-electron chi connectivity index (χ2n) is 7.80. The molecular weight excluding hydrogens is 410 g/mol. The van der Waals surface area contributed by atoms with Crippen LogP contribution in [0.2, 0.25) is 0 Å². The lowest BCUT2D eigenvalue weighted by atomic mass is 9.85. The number of piperidine rings is 1. The van der Waals surface area contributed by atoms with Crippen LogP contribution in [0, 0.1) is 11.6 Å². The minimum Gasteiger partial charge on any atom is -0.383 e. The topological polar surface area (TPSA) is 85.6 Å². The number of ether oxygens (including phenoxy) is 2. The van der Waals surface area contributed by atoms with Crippen molar-refractivity contribution in [1.82, 2.24) is 30.0 Å². The van der Waals surface area contributed by atoms with Gasteiger partial charge in [0.2, 0.25) is 0 Å². The van der Waals surface area contributed by atoms with E-state index < -0.39 is 23.1 Å². The molecule has 0 spiro atoms. The van der Waals surface area contributed by atoms with Gasteiger partial charge in [-0.05, 0) is 35.4 Å². The van der Waals surface area contributed by atoms with Crippen molar-refractivity contribution in [3.63, 3.8) is 0 Å². The van der Waals surface area contributed by atoms with E-state index in [0.717, 1.165) is 18.6 Å². The second kappa shape index (κ2) is 9.33. The molecular formula is C20H26F2N6O3. The predicted molar refractivity (Wildman–Crippen MR) is 105 cm³/mol. The fourth-order valence-electron chi connectivity index (χ4n) is 4.48. The van der Waals surface area contributed by atoms with Crippen LogP contribution in [0.25, 0.3) is 0 Å². The van der Waals surface area contributed by atoms with Gasteiger partial charge in [0.15, 0.2) is 5.82 Å². The highest BCUT2D eigenvalue weighted by molar-refractivity contribution is 5.94. The van der Waals surface area contributed by atoms with Crippen molar-refractivity contribution in [3.8, 4) is 0 Å². The number of carbonyl (C=O) groups is 1. The Kier molecular flexibility index (Phi) is 6.54. The molecule has 2 aromatic rings. The predicted octanol–water partition coefficient (Wildman–Crippen LogP) is 1.06. The van der Waals surface area contributed by atoms with E-state index in [4.69, 9.17) is 9.47 Å². The monoisotopic (exact) mass is 436 g/mol. The molecule has 1 aromatic carbocycles. The Hall–Kier alpha value is -2.50. The molecule has 1 unspecified atom stereocenters. The molecule has 1 atom stereocenters. The molecule has 2 fully saturated rings. The van der Waals surface area contributed by atoms with Crippen molar-refractivity contribution in [1.29, 1.82) is 0 Å². The number of hydrogen-bond donors (Lipinski definition) is 0. The standard InChI is InChI=1S/C20H26F2N6O3/c1-30-10-9-28-19(23-24-25-28)20(27-7-11-31-12-8-27)5-2-6-26(14-20)18(29)16-4-3-15(21)13-17(16)22/h3-4,13H,2,5-12,14H2,1H3. The summed E-state index contributed by atoms with van der Waals surface area (Å²) in [6.07, 6.45) is 1.44. The summed E-state index contributed by atoms with van der Waals surface area (Å²) in [5, 5.41) is 12.4. The van der Waals surface area contributed by atoms with Crippen LogP contribution >= 0.6 is 0 Å². The van der Waals surface area contributed by atoms with Gasteiger partial charge in [-0.3, -0.25) is 9.69 Å². The first kappa shape index (κ1) is 21.7. The minimum atomic E-state index is -0.863. The molecule has 1 amide bonds. The Morgan fingerprint density at radius 1 is 1.26 bits per heavy atom. The summed E-state index contributed by atoms with van der Waals surface area (Å²) < 4.78 is 40.1. The first-order valence-corrected chi connectivity index (χ1v) is 10.4. The van der Waals surface area contributed by atoms with Crippen molar-refractivity contribution in [3.05, 3.63) is 41.2 Å². The van der Waals surface area contributed by atoms with Crippen molar-refractivity contribution in [2.75, 3.05) is 53.1 Å². The zero-order chi connectivity index (χ0) is 21.8. The molecule has 2 saturated heterocycles. The van der Waals surface area contributed by atoms with Gasteiger partial charge in [0.05, 0.1) is 31.9 Å². The number of halogens is 2. The van der Waals surface area contributed by atoms with Crippen LogP contribution in [0.15, 0.2) is 18.2 Å². The number of likely N-dealkylation sites (tertiary alicyclic amines) is 1. The molecule has 4 rings (SSSR count). The summed E-state index contributed by atoms with van der Waals surface area (Å²) >= 11 is 0. The smallest absolute Gasteiger partial charge is 0.256 e. The fourth-order valence-corrected chi connectivity index (χ4v) is 4.48. The average molecular weight is 436 g/mol. The number of methoxy groups -OCH3 is 1. The van der Waals surface area contributed by atoms with E-state index in [9.17, 15) is 13.6 Å². The van der Waals surface area contributed by atoms with E-state index in [1.54, 1.807) is 16.7 Å². The Morgan fingerprint density at radius 2 is 2.06 bits per heavy atom. The van der Waals surface area contributed by atoms with E-state index in [2.05, 4.69) is 20.4 Å². The highest BCUT2D eigenvalue weighted by atomic mass is 19.1. The van der Waals surface area contributed by atoms with E-state index in [1.807, 2.05) is 0 Å². The zero-order valence-electron chi connectivity index (χ0n) is 17.5. The summed E-state index contributed by atoms with van der Waals surface area (Å²) in [5.41, 5.74) is -0.774. The number of morpholine rings is 1. The second-order valence-corrected chi connectivity index (χ2v) is 7.80. The normalized spacial score (nSPS) is 22.6. The highest BCUT2D eigenvalue weighted by Crippen LogP contribution is 2.37. The molecule has 2 aliphatic rings. The number of amides is 1. The molecule has 168 valence electrons.